The lowest BCUT2D eigenvalue weighted by molar-refractivity contribution is -0.124. The Morgan fingerprint density at radius 2 is 1.31 bits per heavy atom. The Morgan fingerprint density at radius 3 is 1.87 bits per heavy atom. The fourth-order valence-corrected chi connectivity index (χ4v) is 7.73. The Balaban J connectivity index is 0.000000274. The number of halogens is 2. The third-order valence-corrected chi connectivity index (χ3v) is 10.7. The van der Waals surface area contributed by atoms with Crippen LogP contribution in [0.5, 0.6) is 5.75 Å². The van der Waals surface area contributed by atoms with E-state index in [2.05, 4.69) is 27.1 Å². The van der Waals surface area contributed by atoms with Gasteiger partial charge in [0.15, 0.2) is 0 Å². The molecule has 1 heterocycles. The second-order valence-electron chi connectivity index (χ2n) is 14.9. The summed E-state index contributed by atoms with van der Waals surface area (Å²) in [5.74, 6) is -1.66. The van der Waals surface area contributed by atoms with Crippen LogP contribution in [0, 0.1) is 11.6 Å². The van der Waals surface area contributed by atoms with E-state index in [9.17, 15) is 23.2 Å². The highest BCUT2D eigenvalue weighted by Crippen LogP contribution is 2.30. The number of nitrogens with one attached hydrogen (secondary N) is 2. The van der Waals surface area contributed by atoms with Gasteiger partial charge in [-0.2, -0.15) is 0 Å². The van der Waals surface area contributed by atoms with Gasteiger partial charge < -0.3 is 25.7 Å². The first-order chi connectivity index (χ1) is 25.9. The third kappa shape index (κ3) is 10.1. The first kappa shape index (κ1) is 40.5. The Morgan fingerprint density at radius 1 is 0.778 bits per heavy atom. The normalized spacial score (nSPS) is 20.0. The molecule has 290 valence electrons. The number of Topliss-reactive ketones (excluding diaryl/α,β-unsaturated/α-hetero) is 1. The van der Waals surface area contributed by atoms with Gasteiger partial charge in [0.05, 0.1) is 18.2 Å². The number of hydrogen-bond acceptors (Lipinski definition) is 7. The number of rotatable bonds is 11. The molecule has 12 heteroatoms. The lowest BCUT2D eigenvalue weighted by Crippen LogP contribution is -2.52. The molecule has 0 bridgehead atoms. The van der Waals surface area contributed by atoms with Gasteiger partial charge in [0.25, 0.3) is 17.6 Å². The van der Waals surface area contributed by atoms with Crippen LogP contribution in [0.25, 0.3) is 10.9 Å². The Kier molecular flexibility index (Phi) is 14.0. The van der Waals surface area contributed by atoms with Crippen LogP contribution in [0.3, 0.4) is 0 Å². The van der Waals surface area contributed by atoms with Crippen LogP contribution < -0.4 is 15.8 Å². The molecule has 2 saturated carbocycles. The second-order valence-corrected chi connectivity index (χ2v) is 14.9. The number of amides is 2. The van der Waals surface area contributed by atoms with Crippen molar-refractivity contribution in [2.24, 2.45) is 5.73 Å². The van der Waals surface area contributed by atoms with E-state index < -0.39 is 11.7 Å². The van der Waals surface area contributed by atoms with Crippen LogP contribution in [0.2, 0.25) is 0 Å². The van der Waals surface area contributed by atoms with E-state index >= 15 is 0 Å². The first-order valence-corrected chi connectivity index (χ1v) is 18.8. The zero-order chi connectivity index (χ0) is 38.9. The Hall–Kier alpha value is -4.65. The molecule has 0 radical (unpaired) electrons. The maximum absolute atomic E-state index is 13.5. The van der Waals surface area contributed by atoms with Gasteiger partial charge in [-0.25, -0.2) is 8.78 Å². The Bertz CT molecular complexity index is 1880. The first-order valence-electron chi connectivity index (χ1n) is 18.8. The zero-order valence-corrected chi connectivity index (χ0v) is 32.0. The van der Waals surface area contributed by atoms with Crippen LogP contribution >= 0.6 is 0 Å². The fourth-order valence-electron chi connectivity index (χ4n) is 7.73. The fraction of sp³-hybridized carbons (Fsp3) is 0.452. The molecule has 4 atom stereocenters. The molecule has 0 aliphatic heterocycles. The van der Waals surface area contributed by atoms with Crippen LogP contribution in [0.4, 0.5) is 8.78 Å². The summed E-state index contributed by atoms with van der Waals surface area (Å²) in [6.07, 6.45) is 10.1. The average molecular weight is 745 g/mol. The van der Waals surface area contributed by atoms with Crippen molar-refractivity contribution in [2.75, 3.05) is 35.3 Å². The molecular weight excluding hydrogens is 690 g/mol. The van der Waals surface area contributed by atoms with Crippen molar-refractivity contribution in [3.8, 4) is 5.75 Å². The van der Waals surface area contributed by atoms with E-state index in [4.69, 9.17) is 10.5 Å². The number of carbonyl (C=O) groups excluding carboxylic acids is 3. The number of aromatic amines is 1. The molecule has 2 amide bonds. The topological polar surface area (TPSA) is 124 Å². The smallest absolute Gasteiger partial charge is 0.294 e. The molecular formula is C42H54F2N6O4. The van der Waals surface area contributed by atoms with Gasteiger partial charge in [-0.3, -0.25) is 24.2 Å². The lowest BCUT2D eigenvalue weighted by Gasteiger charge is -2.38. The van der Waals surface area contributed by atoms with Gasteiger partial charge in [-0.15, -0.1) is 0 Å². The van der Waals surface area contributed by atoms with E-state index in [-0.39, 0.29) is 41.2 Å². The van der Waals surface area contributed by atoms with Gasteiger partial charge in [0.1, 0.15) is 17.4 Å². The minimum absolute atomic E-state index is 0.0882. The van der Waals surface area contributed by atoms with Crippen molar-refractivity contribution < 1.29 is 27.9 Å². The predicted molar refractivity (Wildman–Crippen MR) is 207 cm³/mol. The summed E-state index contributed by atoms with van der Waals surface area (Å²) < 4.78 is 31.6. The number of methoxy groups -OCH3 is 1. The monoisotopic (exact) mass is 744 g/mol. The van der Waals surface area contributed by atoms with Crippen molar-refractivity contribution in [2.45, 2.75) is 88.6 Å². The zero-order valence-electron chi connectivity index (χ0n) is 32.0. The number of nitrogens with zero attached hydrogens (tertiary/aromatic N) is 3. The summed E-state index contributed by atoms with van der Waals surface area (Å²) in [6, 6.07) is 17.2. The molecule has 10 nitrogen and oxygen atoms in total. The number of aromatic nitrogens is 1. The van der Waals surface area contributed by atoms with Gasteiger partial charge in [0, 0.05) is 74.5 Å². The number of H-pyrrole nitrogens is 1. The molecule has 2 aliphatic rings. The highest BCUT2D eigenvalue weighted by Gasteiger charge is 2.31. The number of nitrogens with two attached hydrogens (primary N) is 1. The molecule has 1 aromatic heterocycles. The summed E-state index contributed by atoms with van der Waals surface area (Å²) in [5.41, 5.74) is 9.41. The maximum atomic E-state index is 13.5. The summed E-state index contributed by atoms with van der Waals surface area (Å²) in [5, 5.41) is 3.68. The van der Waals surface area contributed by atoms with Crippen LogP contribution in [0.15, 0.2) is 66.9 Å². The number of fused-ring (bicyclic) bond motifs is 1. The summed E-state index contributed by atoms with van der Waals surface area (Å²) in [7, 11) is 8.65. The number of ketones is 1. The maximum Gasteiger partial charge on any atom is 0.294 e. The highest BCUT2D eigenvalue weighted by molar-refractivity contribution is 6.44. The SMILES string of the molecule is CN(Cc1ccc(F)cc1)[C@@H]1CCCC[C@H]1N.COc1cc2[nH]cc(C(=O)C(=O)N(C)C)c2cc1C(=O)N[C@@H]1CCCC[C@H]1N(C)Cc1ccc(F)cc1. The highest BCUT2D eigenvalue weighted by atomic mass is 19.1. The quantitative estimate of drug-likeness (QED) is 0.122. The van der Waals surface area contributed by atoms with E-state index in [0.717, 1.165) is 49.8 Å². The number of carbonyl (C=O) groups is 3. The standard InChI is InChI=1S/C28H33FN4O4.C14H21FN2/c1-32(2)28(36)26(34)21-15-30-23-14-25(37-4)20(13-19(21)23)27(35)31-22-7-5-6-8-24(22)33(3)16-17-9-11-18(29)12-10-17;1-17(14-5-3-2-4-13(14)16)10-11-6-8-12(15)9-7-11/h9-15,22,24,30H,5-8,16H2,1-4H3,(H,31,35);6-9,13-14H,2-5,10,16H2,1H3/t22-,24-;13-,14-/m11/s1. The van der Waals surface area contributed by atoms with Crippen LogP contribution in [-0.4, -0.2) is 96.7 Å². The molecule has 2 aliphatic carbocycles. The van der Waals surface area contributed by atoms with Crippen molar-refractivity contribution in [1.29, 1.82) is 0 Å². The molecule has 6 rings (SSSR count). The van der Waals surface area contributed by atoms with Crippen LogP contribution in [-0.2, 0) is 17.9 Å². The largest absolute Gasteiger partial charge is 0.496 e. The molecule has 0 saturated heterocycles. The molecule has 54 heavy (non-hydrogen) atoms. The average Bonchev–Trinajstić information content (AvgIpc) is 3.59. The summed E-state index contributed by atoms with van der Waals surface area (Å²) >= 11 is 0. The number of benzene rings is 3. The summed E-state index contributed by atoms with van der Waals surface area (Å²) in [6.45, 7) is 1.49. The molecule has 0 spiro atoms. The molecule has 4 N–H and O–H groups in total. The predicted octanol–water partition coefficient (Wildman–Crippen LogP) is 6.29. The van der Waals surface area contributed by atoms with Crippen molar-refractivity contribution in [1.82, 2.24) is 25.0 Å². The minimum atomic E-state index is -0.650. The lowest BCUT2D eigenvalue weighted by atomic mass is 9.88. The van der Waals surface area contributed by atoms with Gasteiger partial charge in [-0.1, -0.05) is 49.9 Å². The van der Waals surface area contributed by atoms with E-state index in [1.165, 1.54) is 75.8 Å². The van der Waals surface area contributed by atoms with Crippen molar-refractivity contribution in [3.63, 3.8) is 0 Å². The van der Waals surface area contributed by atoms with E-state index in [1.54, 1.807) is 24.3 Å². The van der Waals surface area contributed by atoms with Gasteiger partial charge in [0.2, 0.25) is 0 Å². The summed E-state index contributed by atoms with van der Waals surface area (Å²) in [4.78, 5) is 47.3. The van der Waals surface area contributed by atoms with Crippen LogP contribution in [0.1, 0.15) is 83.2 Å². The number of likely N-dealkylation sites (N-methyl/N-ethyl adjacent to an activating group) is 3. The minimum Gasteiger partial charge on any atom is -0.496 e. The van der Waals surface area contributed by atoms with Crippen molar-refractivity contribution in [3.05, 3.63) is 101 Å². The van der Waals surface area contributed by atoms with Gasteiger partial charge >= 0.3 is 0 Å². The van der Waals surface area contributed by atoms with Gasteiger partial charge in [-0.05, 0) is 81.2 Å². The Labute approximate surface area is 317 Å². The van der Waals surface area contributed by atoms with E-state index in [1.807, 2.05) is 19.2 Å². The van der Waals surface area contributed by atoms with Crippen molar-refractivity contribution >= 4 is 28.5 Å². The molecule has 0 unspecified atom stereocenters. The second kappa shape index (κ2) is 18.6. The number of hydrogen-bond donors (Lipinski definition) is 3. The molecule has 3 aromatic carbocycles. The third-order valence-electron chi connectivity index (χ3n) is 10.7. The number of ether oxygens (including phenoxy) is 1. The van der Waals surface area contributed by atoms with E-state index in [0.29, 0.717) is 34.8 Å². The molecule has 2 fully saturated rings. The molecule has 4 aromatic rings.